The number of carboxylic acids is 1. The third-order valence-electron chi connectivity index (χ3n) is 6.62. The number of benzene rings is 2. The van der Waals surface area contributed by atoms with Gasteiger partial charge in [-0.25, -0.2) is 0 Å². The van der Waals surface area contributed by atoms with Gasteiger partial charge in [0.1, 0.15) is 35.7 Å². The Hall–Kier alpha value is -5.05. The van der Waals surface area contributed by atoms with Gasteiger partial charge in [-0.1, -0.05) is 12.1 Å². The van der Waals surface area contributed by atoms with E-state index in [1.54, 1.807) is 22.6 Å². The highest BCUT2D eigenvalue weighted by Gasteiger charge is 2.33. The number of nitro groups is 1. The first kappa shape index (κ1) is 35.4. The minimum atomic E-state index is -1.65. The molecule has 0 saturated carbocycles. The number of halogens is 1. The van der Waals surface area contributed by atoms with Gasteiger partial charge in [0.05, 0.1) is 33.7 Å². The molecular weight excluding hydrogens is 727 g/mol. The number of hydrogen-bond acceptors (Lipinski definition) is 11. The van der Waals surface area contributed by atoms with Crippen LogP contribution in [0.1, 0.15) is 28.8 Å². The summed E-state index contributed by atoms with van der Waals surface area (Å²) in [5, 5.41) is 49.4. The molecule has 3 rings (SSSR count). The van der Waals surface area contributed by atoms with Crippen molar-refractivity contribution in [2.75, 3.05) is 13.2 Å². The van der Waals surface area contributed by atoms with E-state index in [-0.39, 0.29) is 33.5 Å². The average molecular weight is 756 g/mol. The number of ether oxygens (including phenoxy) is 1. The number of aliphatic carboxylic acids is 1. The van der Waals surface area contributed by atoms with Gasteiger partial charge in [0.25, 0.3) is 11.6 Å². The Morgan fingerprint density at radius 2 is 1.74 bits per heavy atom. The zero-order valence-electron chi connectivity index (χ0n) is 23.7. The summed E-state index contributed by atoms with van der Waals surface area (Å²) >= 11 is 1.68. The van der Waals surface area contributed by atoms with E-state index in [1.165, 1.54) is 24.3 Å². The number of carboxylic acid groups (broad SMARTS) is 1. The molecule has 1 aliphatic heterocycles. The van der Waals surface area contributed by atoms with Crippen molar-refractivity contribution < 1.29 is 53.7 Å². The molecule has 5 amide bonds. The number of hydrogen-bond donors (Lipinski definition) is 8. The third-order valence-corrected chi connectivity index (χ3v) is 7.42. The highest BCUT2D eigenvalue weighted by molar-refractivity contribution is 14.1. The lowest BCUT2D eigenvalue weighted by molar-refractivity contribution is -0.385. The number of phenols is 1. The second kappa shape index (κ2) is 15.8. The number of nitrogens with one attached hydrogen (secondary N) is 4. The summed E-state index contributed by atoms with van der Waals surface area (Å²) in [5.41, 5.74) is 4.82. The molecule has 1 unspecified atom stereocenters. The molecular formula is C27H29IN6O12. The van der Waals surface area contributed by atoms with Crippen molar-refractivity contribution in [2.24, 2.45) is 5.73 Å². The van der Waals surface area contributed by atoms with Crippen LogP contribution in [0.25, 0.3) is 0 Å². The van der Waals surface area contributed by atoms with E-state index in [2.05, 4.69) is 21.3 Å². The number of carbonyl (C=O) groups excluding carboxylic acids is 5. The predicted molar refractivity (Wildman–Crippen MR) is 163 cm³/mol. The molecule has 18 nitrogen and oxygen atoms in total. The lowest BCUT2D eigenvalue weighted by Gasteiger charge is -2.27. The van der Waals surface area contributed by atoms with Crippen LogP contribution in [0.4, 0.5) is 5.69 Å². The standard InChI is InChI=1S/C27H29IN6O12/c28-16-9-13(34(44)45)8-15-22(16)46-6-5-17(25(41)31-18(23(29)39)10-21(37)38)30-26(42)19(7-12-1-3-14(36)4-2-12)32-27(43)20(11-35)33-24(15)40/h1-4,8-9,17-20,35-36H,5-7,10-11H2,(H2,29,39)(H,30,42)(H,31,41)(H,32,43)(H,33,40)(H,37,38)/t17-,18?,19-,20-/m0/s1. The van der Waals surface area contributed by atoms with E-state index in [1.807, 2.05) is 0 Å². The first-order valence-corrected chi connectivity index (χ1v) is 14.5. The average Bonchev–Trinajstić information content (AvgIpc) is 2.98. The molecule has 0 aromatic heterocycles. The van der Waals surface area contributed by atoms with Crippen LogP contribution in [0, 0.1) is 13.7 Å². The van der Waals surface area contributed by atoms with E-state index in [4.69, 9.17) is 15.6 Å². The molecule has 246 valence electrons. The topological polar surface area (TPSA) is 290 Å². The van der Waals surface area contributed by atoms with E-state index >= 15 is 0 Å². The summed E-state index contributed by atoms with van der Waals surface area (Å²) in [5.74, 6) is -6.90. The fourth-order valence-corrected chi connectivity index (χ4v) is 5.03. The molecule has 4 atom stereocenters. The highest BCUT2D eigenvalue weighted by atomic mass is 127. The van der Waals surface area contributed by atoms with E-state index in [0.29, 0.717) is 5.56 Å². The molecule has 46 heavy (non-hydrogen) atoms. The van der Waals surface area contributed by atoms with Crippen molar-refractivity contribution in [3.05, 3.63) is 61.2 Å². The van der Waals surface area contributed by atoms with Crippen molar-refractivity contribution in [2.45, 2.75) is 43.4 Å². The van der Waals surface area contributed by atoms with Crippen LogP contribution in [0.2, 0.25) is 0 Å². The molecule has 2 aromatic rings. The molecule has 19 heteroatoms. The summed E-state index contributed by atoms with van der Waals surface area (Å²) in [6, 6.07) is 1.30. The van der Waals surface area contributed by atoms with Gasteiger partial charge in [-0.05, 0) is 40.3 Å². The number of phenolic OH excluding ortho intramolecular Hbond substituents is 1. The van der Waals surface area contributed by atoms with Crippen molar-refractivity contribution in [1.29, 1.82) is 0 Å². The molecule has 2 aromatic carbocycles. The number of nitrogens with zero attached hydrogens (tertiary/aromatic N) is 1. The van der Waals surface area contributed by atoms with Crippen LogP contribution in [0.5, 0.6) is 11.5 Å². The predicted octanol–water partition coefficient (Wildman–Crippen LogP) is -1.56. The van der Waals surface area contributed by atoms with E-state index in [9.17, 15) is 49.1 Å². The summed E-state index contributed by atoms with van der Waals surface area (Å²) < 4.78 is 5.84. The number of primary amides is 1. The molecule has 1 heterocycles. The van der Waals surface area contributed by atoms with Gasteiger partial charge < -0.3 is 47.1 Å². The Labute approximate surface area is 273 Å². The van der Waals surface area contributed by atoms with Crippen molar-refractivity contribution in [3.8, 4) is 11.5 Å². The smallest absolute Gasteiger partial charge is 0.305 e. The summed E-state index contributed by atoms with van der Waals surface area (Å²) in [6.45, 7) is -1.35. The summed E-state index contributed by atoms with van der Waals surface area (Å²) in [4.78, 5) is 87.0. The Morgan fingerprint density at radius 1 is 1.09 bits per heavy atom. The van der Waals surface area contributed by atoms with Gasteiger partial charge in [-0.2, -0.15) is 0 Å². The first-order chi connectivity index (χ1) is 21.7. The summed E-state index contributed by atoms with van der Waals surface area (Å²) in [6.07, 6.45) is -1.41. The maximum atomic E-state index is 13.5. The Balaban J connectivity index is 2.06. The second-order valence-corrected chi connectivity index (χ2v) is 11.1. The number of aromatic hydroxyl groups is 1. The van der Waals surface area contributed by atoms with E-state index in [0.717, 1.165) is 12.1 Å². The van der Waals surface area contributed by atoms with Gasteiger partial charge in [0.15, 0.2) is 0 Å². The molecule has 0 aliphatic carbocycles. The number of aliphatic hydroxyl groups excluding tert-OH is 1. The van der Waals surface area contributed by atoms with Crippen LogP contribution >= 0.6 is 22.6 Å². The van der Waals surface area contributed by atoms with Crippen molar-refractivity contribution in [1.82, 2.24) is 21.3 Å². The number of nitro benzene ring substituents is 1. The van der Waals surface area contributed by atoms with Gasteiger partial charge in [0, 0.05) is 25.0 Å². The minimum Gasteiger partial charge on any atom is -0.508 e. The zero-order chi connectivity index (χ0) is 34.1. The number of nitrogens with two attached hydrogens (primary N) is 1. The van der Waals surface area contributed by atoms with Crippen LogP contribution in [-0.4, -0.2) is 93.1 Å². The normalized spacial score (nSPS) is 19.5. The Kier molecular flexibility index (Phi) is 12.2. The van der Waals surface area contributed by atoms with Gasteiger partial charge >= 0.3 is 5.97 Å². The van der Waals surface area contributed by atoms with Gasteiger partial charge in [0.2, 0.25) is 23.6 Å². The molecule has 0 radical (unpaired) electrons. The number of rotatable bonds is 9. The molecule has 0 saturated heterocycles. The van der Waals surface area contributed by atoms with Crippen LogP contribution in [0.3, 0.4) is 0 Å². The summed E-state index contributed by atoms with van der Waals surface area (Å²) in [7, 11) is 0. The van der Waals surface area contributed by atoms with Crippen LogP contribution in [-0.2, 0) is 30.4 Å². The number of carbonyl (C=O) groups is 6. The minimum absolute atomic E-state index is 0.0800. The van der Waals surface area contributed by atoms with Crippen LogP contribution in [0.15, 0.2) is 36.4 Å². The zero-order valence-corrected chi connectivity index (χ0v) is 25.9. The molecule has 0 bridgehead atoms. The lowest BCUT2D eigenvalue weighted by Crippen LogP contribution is -2.59. The van der Waals surface area contributed by atoms with E-state index < -0.39 is 89.9 Å². The Morgan fingerprint density at radius 3 is 2.33 bits per heavy atom. The monoisotopic (exact) mass is 756 g/mol. The number of aliphatic hydroxyl groups is 1. The third kappa shape index (κ3) is 9.47. The quantitative estimate of drug-likeness (QED) is 0.0819. The molecule has 0 fully saturated rings. The second-order valence-electron chi connectivity index (χ2n) is 9.96. The fraction of sp³-hybridized carbons (Fsp3) is 0.333. The highest BCUT2D eigenvalue weighted by Crippen LogP contribution is 2.31. The Bertz CT molecular complexity index is 1540. The van der Waals surface area contributed by atoms with Gasteiger partial charge in [-0.3, -0.25) is 38.9 Å². The number of fused-ring (bicyclic) bond motifs is 1. The number of non-ortho nitro benzene ring substituents is 1. The lowest BCUT2D eigenvalue weighted by atomic mass is 10.0. The largest absolute Gasteiger partial charge is 0.508 e. The van der Waals surface area contributed by atoms with Gasteiger partial charge in [-0.15, -0.1) is 0 Å². The maximum absolute atomic E-state index is 13.5. The molecule has 9 N–H and O–H groups in total. The number of amides is 5. The fourth-order valence-electron chi connectivity index (χ4n) is 4.27. The van der Waals surface area contributed by atoms with Crippen molar-refractivity contribution in [3.63, 3.8) is 0 Å². The van der Waals surface area contributed by atoms with Crippen molar-refractivity contribution >= 4 is 63.8 Å². The SMILES string of the molecule is NC(=O)C(CC(=O)O)NC(=O)[C@@H]1CCOc2c(I)cc([N+](=O)[O-])cc2C(=O)N[C@@H](CO)C(=O)N[C@@H](Cc2ccc(O)cc2)C(=O)N1. The maximum Gasteiger partial charge on any atom is 0.305 e. The first-order valence-electron chi connectivity index (χ1n) is 13.4. The molecule has 1 aliphatic rings. The van der Waals surface area contributed by atoms with Crippen LogP contribution < -0.4 is 31.7 Å². The molecule has 0 spiro atoms.